The molecule has 6 rings (SSSR count). The van der Waals surface area contributed by atoms with E-state index in [1.54, 1.807) is 0 Å². The summed E-state index contributed by atoms with van der Waals surface area (Å²) in [7, 11) is 0. The molecule has 0 unspecified atom stereocenters. The molecule has 0 saturated heterocycles. The lowest BCUT2D eigenvalue weighted by molar-refractivity contribution is 0.101. The minimum Gasteiger partial charge on any atom is -0.508 e. The van der Waals surface area contributed by atoms with E-state index in [0.29, 0.717) is 28.6 Å². The molecule has 0 bridgehead atoms. The second-order valence-corrected chi connectivity index (χ2v) is 9.33. The standard InChI is InChI=1S/C32H26O3/c33-28-19-18-25(20-27(28)22-8-4-5-9-22)21-14-16-23(17-15-21)30-26-12-6-7-13-29(26)35-32(30)31(34)24-10-2-1-3-11-24/h1-3,6-7,10-20,22,33H,4-5,8-9H2. The maximum absolute atomic E-state index is 13.4. The highest BCUT2D eigenvalue weighted by molar-refractivity contribution is 6.15. The number of benzene rings is 4. The highest BCUT2D eigenvalue weighted by Gasteiger charge is 2.23. The van der Waals surface area contributed by atoms with Crippen molar-refractivity contribution in [2.24, 2.45) is 0 Å². The number of aromatic hydroxyl groups is 1. The van der Waals surface area contributed by atoms with Crippen molar-refractivity contribution in [2.75, 3.05) is 0 Å². The van der Waals surface area contributed by atoms with Gasteiger partial charge in [-0.15, -0.1) is 0 Å². The lowest BCUT2D eigenvalue weighted by atomic mass is 9.92. The van der Waals surface area contributed by atoms with Crippen molar-refractivity contribution >= 4 is 16.8 Å². The molecular weight excluding hydrogens is 432 g/mol. The predicted octanol–water partition coefficient (Wildman–Crippen LogP) is 8.36. The van der Waals surface area contributed by atoms with Crippen LogP contribution < -0.4 is 0 Å². The van der Waals surface area contributed by atoms with Gasteiger partial charge in [0.2, 0.25) is 5.78 Å². The first-order valence-electron chi connectivity index (χ1n) is 12.2. The van der Waals surface area contributed by atoms with Gasteiger partial charge in [-0.1, -0.05) is 91.7 Å². The van der Waals surface area contributed by atoms with Gasteiger partial charge < -0.3 is 9.52 Å². The second-order valence-electron chi connectivity index (χ2n) is 9.33. The van der Waals surface area contributed by atoms with E-state index in [-0.39, 0.29) is 5.78 Å². The average molecular weight is 459 g/mol. The third-order valence-corrected chi connectivity index (χ3v) is 7.17. The Labute approximate surface area is 204 Å². The summed E-state index contributed by atoms with van der Waals surface area (Å²) in [5.41, 5.74) is 6.29. The van der Waals surface area contributed by atoms with Gasteiger partial charge in [0.15, 0.2) is 5.76 Å². The number of furan rings is 1. The molecule has 5 aromatic rings. The highest BCUT2D eigenvalue weighted by atomic mass is 16.3. The van der Waals surface area contributed by atoms with Gasteiger partial charge >= 0.3 is 0 Å². The maximum Gasteiger partial charge on any atom is 0.228 e. The zero-order chi connectivity index (χ0) is 23.8. The summed E-state index contributed by atoms with van der Waals surface area (Å²) < 4.78 is 6.09. The van der Waals surface area contributed by atoms with Crippen molar-refractivity contribution in [3.05, 3.63) is 114 Å². The van der Waals surface area contributed by atoms with Crippen LogP contribution in [0.4, 0.5) is 0 Å². The van der Waals surface area contributed by atoms with E-state index >= 15 is 0 Å². The van der Waals surface area contributed by atoms with Crippen LogP contribution in [-0.4, -0.2) is 10.9 Å². The molecule has 172 valence electrons. The number of phenolic OH excluding ortho intramolecular Hbond substituents is 1. The smallest absolute Gasteiger partial charge is 0.228 e. The van der Waals surface area contributed by atoms with E-state index < -0.39 is 0 Å². The fourth-order valence-electron chi connectivity index (χ4n) is 5.34. The second kappa shape index (κ2) is 8.92. The van der Waals surface area contributed by atoms with Crippen LogP contribution >= 0.6 is 0 Å². The molecule has 3 heteroatoms. The van der Waals surface area contributed by atoms with Crippen molar-refractivity contribution in [3.8, 4) is 28.0 Å². The largest absolute Gasteiger partial charge is 0.508 e. The van der Waals surface area contributed by atoms with Crippen LogP contribution in [0, 0.1) is 0 Å². The van der Waals surface area contributed by atoms with Gasteiger partial charge in [-0.05, 0) is 59.2 Å². The molecule has 1 heterocycles. The monoisotopic (exact) mass is 458 g/mol. The number of hydrogen-bond donors (Lipinski definition) is 1. The molecule has 1 N–H and O–H groups in total. The first-order valence-corrected chi connectivity index (χ1v) is 12.2. The van der Waals surface area contributed by atoms with E-state index in [1.165, 1.54) is 12.8 Å². The molecule has 0 spiro atoms. The van der Waals surface area contributed by atoms with Crippen LogP contribution in [0.2, 0.25) is 0 Å². The zero-order valence-corrected chi connectivity index (χ0v) is 19.4. The van der Waals surface area contributed by atoms with Crippen molar-refractivity contribution in [2.45, 2.75) is 31.6 Å². The fraction of sp³-hybridized carbons (Fsp3) is 0.156. The number of carbonyl (C=O) groups is 1. The number of ketones is 1. The van der Waals surface area contributed by atoms with Gasteiger partial charge in [0.1, 0.15) is 11.3 Å². The highest BCUT2D eigenvalue weighted by Crippen LogP contribution is 2.41. The molecule has 3 nitrogen and oxygen atoms in total. The Morgan fingerprint density at radius 3 is 2.17 bits per heavy atom. The predicted molar refractivity (Wildman–Crippen MR) is 140 cm³/mol. The summed E-state index contributed by atoms with van der Waals surface area (Å²) in [6.07, 6.45) is 4.74. The van der Waals surface area contributed by atoms with Crippen molar-refractivity contribution in [1.82, 2.24) is 0 Å². The van der Waals surface area contributed by atoms with E-state index in [2.05, 4.69) is 30.3 Å². The molecule has 0 amide bonds. The maximum atomic E-state index is 13.4. The summed E-state index contributed by atoms with van der Waals surface area (Å²) >= 11 is 0. The Morgan fingerprint density at radius 2 is 1.40 bits per heavy atom. The van der Waals surface area contributed by atoms with Crippen LogP contribution in [0.15, 0.2) is 101 Å². The molecule has 1 aromatic heterocycles. The first kappa shape index (κ1) is 21.4. The Hall–Kier alpha value is -4.11. The molecule has 1 aliphatic carbocycles. The molecule has 0 radical (unpaired) electrons. The number of hydrogen-bond acceptors (Lipinski definition) is 3. The molecule has 0 aliphatic heterocycles. The van der Waals surface area contributed by atoms with Gasteiger partial charge in [0, 0.05) is 16.5 Å². The van der Waals surface area contributed by atoms with Gasteiger partial charge in [-0.3, -0.25) is 4.79 Å². The van der Waals surface area contributed by atoms with Crippen molar-refractivity contribution in [3.63, 3.8) is 0 Å². The van der Waals surface area contributed by atoms with Gasteiger partial charge in [-0.25, -0.2) is 0 Å². The van der Waals surface area contributed by atoms with Crippen LogP contribution in [0.5, 0.6) is 5.75 Å². The SMILES string of the molecule is O=C(c1ccccc1)c1oc2ccccc2c1-c1ccc(-c2ccc(O)c(C3CCCC3)c2)cc1. The Morgan fingerprint density at radius 1 is 0.743 bits per heavy atom. The average Bonchev–Trinajstić information content (AvgIpc) is 3.58. The summed E-state index contributed by atoms with van der Waals surface area (Å²) in [5.74, 6) is 1.07. The molecule has 0 atom stereocenters. The van der Waals surface area contributed by atoms with Crippen LogP contribution in [-0.2, 0) is 0 Å². The number of fused-ring (bicyclic) bond motifs is 1. The molecule has 1 aliphatic rings. The third-order valence-electron chi connectivity index (χ3n) is 7.17. The van der Waals surface area contributed by atoms with Crippen molar-refractivity contribution in [1.29, 1.82) is 0 Å². The Kier molecular flexibility index (Phi) is 5.46. The number of carbonyl (C=O) groups excluding carboxylic acids is 1. The minimum absolute atomic E-state index is 0.124. The summed E-state index contributed by atoms with van der Waals surface area (Å²) in [6, 6.07) is 31.2. The van der Waals surface area contributed by atoms with E-state index in [1.807, 2.05) is 66.7 Å². The fourth-order valence-corrected chi connectivity index (χ4v) is 5.34. The molecule has 1 fully saturated rings. The van der Waals surface area contributed by atoms with Crippen molar-refractivity contribution < 1.29 is 14.3 Å². The molecule has 1 saturated carbocycles. The van der Waals surface area contributed by atoms with E-state index in [9.17, 15) is 9.90 Å². The van der Waals surface area contributed by atoms with E-state index in [0.717, 1.165) is 46.0 Å². The Balaban J connectivity index is 1.41. The summed E-state index contributed by atoms with van der Waals surface area (Å²) in [5, 5.41) is 11.4. The summed E-state index contributed by atoms with van der Waals surface area (Å²) in [6.45, 7) is 0. The topological polar surface area (TPSA) is 50.4 Å². The van der Waals surface area contributed by atoms with Gasteiger partial charge in [-0.2, -0.15) is 0 Å². The van der Waals surface area contributed by atoms with E-state index in [4.69, 9.17) is 4.42 Å². The number of phenols is 1. The summed E-state index contributed by atoms with van der Waals surface area (Å²) in [4.78, 5) is 13.4. The molecule has 35 heavy (non-hydrogen) atoms. The van der Waals surface area contributed by atoms with Gasteiger partial charge in [0.25, 0.3) is 0 Å². The van der Waals surface area contributed by atoms with Crippen LogP contribution in [0.25, 0.3) is 33.2 Å². The van der Waals surface area contributed by atoms with Crippen LogP contribution in [0.1, 0.15) is 53.3 Å². The normalized spacial score (nSPS) is 13.9. The number of para-hydroxylation sites is 1. The quantitative estimate of drug-likeness (QED) is 0.269. The third kappa shape index (κ3) is 3.93. The molecular formula is C32H26O3. The molecule has 4 aromatic carbocycles. The van der Waals surface area contributed by atoms with Crippen LogP contribution in [0.3, 0.4) is 0 Å². The first-order chi connectivity index (χ1) is 17.2. The van der Waals surface area contributed by atoms with Gasteiger partial charge in [0.05, 0.1) is 0 Å². The Bertz CT molecular complexity index is 1500. The minimum atomic E-state index is -0.124. The lowest BCUT2D eigenvalue weighted by Gasteiger charge is -2.14. The zero-order valence-electron chi connectivity index (χ0n) is 19.4. The lowest BCUT2D eigenvalue weighted by Crippen LogP contribution is -2.01. The number of rotatable bonds is 5.